The second kappa shape index (κ2) is 6.48. The fourth-order valence-corrected chi connectivity index (χ4v) is 2.77. The molecule has 26 heavy (non-hydrogen) atoms. The fraction of sp³-hybridized carbons (Fsp3) is 0.150. The number of nitrogens with zero attached hydrogens (tertiary/aromatic N) is 3. The van der Waals surface area contributed by atoms with E-state index in [9.17, 15) is 4.79 Å². The van der Waals surface area contributed by atoms with E-state index in [0.717, 1.165) is 16.5 Å². The van der Waals surface area contributed by atoms with Gasteiger partial charge >= 0.3 is 0 Å². The van der Waals surface area contributed by atoms with Gasteiger partial charge in [-0.3, -0.25) is 4.79 Å². The van der Waals surface area contributed by atoms with E-state index in [0.29, 0.717) is 17.3 Å². The zero-order valence-corrected chi connectivity index (χ0v) is 14.5. The molecule has 0 aliphatic rings. The van der Waals surface area contributed by atoms with E-state index < -0.39 is 0 Å². The molecular weight excluding hydrogens is 330 g/mol. The maximum Gasteiger partial charge on any atom is 0.289 e. The second-order valence-electron chi connectivity index (χ2n) is 6.19. The van der Waals surface area contributed by atoms with E-state index in [4.69, 9.17) is 8.94 Å². The summed E-state index contributed by atoms with van der Waals surface area (Å²) < 4.78 is 10.9. The van der Waals surface area contributed by atoms with Crippen LogP contribution in [-0.2, 0) is 6.54 Å². The standard InChI is InChI=1S/C20H17N3O3/c1-13-6-5-8-15(10-13)19-21-18(26-22-19)12-23(2)20(24)17-11-14-7-3-4-9-16(14)25-17/h3-11H,12H2,1-2H3. The Kier molecular flexibility index (Phi) is 4.01. The molecule has 1 amide bonds. The first-order valence-corrected chi connectivity index (χ1v) is 8.24. The van der Waals surface area contributed by atoms with Crippen molar-refractivity contribution in [2.45, 2.75) is 13.5 Å². The molecule has 0 spiro atoms. The van der Waals surface area contributed by atoms with Gasteiger partial charge in [0.25, 0.3) is 5.91 Å². The summed E-state index contributed by atoms with van der Waals surface area (Å²) in [7, 11) is 1.67. The van der Waals surface area contributed by atoms with Crippen molar-refractivity contribution in [2.75, 3.05) is 7.05 Å². The zero-order valence-electron chi connectivity index (χ0n) is 14.5. The number of carbonyl (C=O) groups excluding carboxylic acids is 1. The molecule has 0 fully saturated rings. The molecule has 0 N–H and O–H groups in total. The van der Waals surface area contributed by atoms with Crippen LogP contribution in [0.4, 0.5) is 0 Å². The maximum atomic E-state index is 12.6. The van der Waals surface area contributed by atoms with Crippen molar-refractivity contribution in [3.63, 3.8) is 0 Å². The molecule has 0 radical (unpaired) electrons. The Morgan fingerprint density at radius 3 is 2.77 bits per heavy atom. The van der Waals surface area contributed by atoms with Crippen molar-refractivity contribution < 1.29 is 13.7 Å². The predicted molar refractivity (Wildman–Crippen MR) is 96.5 cm³/mol. The van der Waals surface area contributed by atoms with Crippen molar-refractivity contribution in [2.24, 2.45) is 0 Å². The minimum atomic E-state index is -0.239. The van der Waals surface area contributed by atoms with E-state index in [-0.39, 0.29) is 18.2 Å². The van der Waals surface area contributed by atoms with Crippen molar-refractivity contribution in [1.82, 2.24) is 15.0 Å². The first-order chi connectivity index (χ1) is 12.6. The van der Waals surface area contributed by atoms with Crippen molar-refractivity contribution in [1.29, 1.82) is 0 Å². The zero-order chi connectivity index (χ0) is 18.1. The Hall–Kier alpha value is -3.41. The lowest BCUT2D eigenvalue weighted by atomic mass is 10.1. The first kappa shape index (κ1) is 16.1. The van der Waals surface area contributed by atoms with Crippen molar-refractivity contribution in [3.8, 4) is 11.4 Å². The van der Waals surface area contributed by atoms with Gasteiger partial charge < -0.3 is 13.8 Å². The van der Waals surface area contributed by atoms with Gasteiger partial charge in [0.15, 0.2) is 5.76 Å². The summed E-state index contributed by atoms with van der Waals surface area (Å²) in [6.45, 7) is 2.21. The summed E-state index contributed by atoms with van der Waals surface area (Å²) in [6.07, 6.45) is 0. The smallest absolute Gasteiger partial charge is 0.289 e. The average Bonchev–Trinajstić information content (AvgIpc) is 3.27. The number of carbonyl (C=O) groups is 1. The number of aromatic nitrogens is 2. The molecular formula is C20H17N3O3. The molecule has 0 unspecified atom stereocenters. The van der Waals surface area contributed by atoms with Gasteiger partial charge in [0.05, 0.1) is 0 Å². The van der Waals surface area contributed by atoms with Crippen molar-refractivity contribution >= 4 is 16.9 Å². The Morgan fingerprint density at radius 1 is 1.12 bits per heavy atom. The number of amides is 1. The number of rotatable bonds is 4. The molecule has 6 heteroatoms. The monoisotopic (exact) mass is 347 g/mol. The van der Waals surface area contributed by atoms with Crippen LogP contribution in [0.1, 0.15) is 22.0 Å². The third-order valence-electron chi connectivity index (χ3n) is 4.10. The number of hydrogen-bond donors (Lipinski definition) is 0. The Bertz CT molecular complexity index is 1050. The number of para-hydroxylation sites is 1. The normalized spacial score (nSPS) is 11.0. The molecule has 130 valence electrons. The van der Waals surface area contributed by atoms with Gasteiger partial charge in [-0.25, -0.2) is 0 Å². The van der Waals surface area contributed by atoms with Gasteiger partial charge in [0.1, 0.15) is 12.1 Å². The maximum absolute atomic E-state index is 12.6. The van der Waals surface area contributed by atoms with Crippen LogP contribution in [0.3, 0.4) is 0 Å². The highest BCUT2D eigenvalue weighted by Crippen LogP contribution is 2.21. The molecule has 6 nitrogen and oxygen atoms in total. The number of aryl methyl sites for hydroxylation is 1. The van der Waals surface area contributed by atoms with E-state index >= 15 is 0 Å². The Labute approximate surface area is 150 Å². The SMILES string of the molecule is Cc1cccc(-c2noc(CN(C)C(=O)c3cc4ccccc4o3)n2)c1. The van der Waals surface area contributed by atoms with Crippen LogP contribution in [0, 0.1) is 6.92 Å². The highest BCUT2D eigenvalue weighted by molar-refractivity contribution is 5.95. The summed E-state index contributed by atoms with van der Waals surface area (Å²) in [5.41, 5.74) is 2.68. The molecule has 4 rings (SSSR count). The van der Waals surface area contributed by atoms with E-state index in [2.05, 4.69) is 10.1 Å². The minimum Gasteiger partial charge on any atom is -0.451 e. The summed E-state index contributed by atoms with van der Waals surface area (Å²) in [5.74, 6) is 0.922. The third-order valence-corrected chi connectivity index (χ3v) is 4.10. The summed E-state index contributed by atoms with van der Waals surface area (Å²) in [4.78, 5) is 18.5. The van der Waals surface area contributed by atoms with Gasteiger partial charge in [-0.15, -0.1) is 0 Å². The molecule has 2 aromatic carbocycles. The van der Waals surface area contributed by atoms with Crippen LogP contribution in [0.15, 0.2) is 63.5 Å². The number of benzene rings is 2. The molecule has 0 aliphatic heterocycles. The number of hydrogen-bond acceptors (Lipinski definition) is 5. The molecule has 2 heterocycles. The van der Waals surface area contributed by atoms with E-state index in [1.807, 2.05) is 55.5 Å². The van der Waals surface area contributed by atoms with E-state index in [1.165, 1.54) is 4.90 Å². The topological polar surface area (TPSA) is 72.4 Å². The van der Waals surface area contributed by atoms with Crippen LogP contribution in [0.2, 0.25) is 0 Å². The van der Waals surface area contributed by atoms with Crippen molar-refractivity contribution in [3.05, 3.63) is 71.8 Å². The molecule has 0 bridgehead atoms. The average molecular weight is 347 g/mol. The highest BCUT2D eigenvalue weighted by atomic mass is 16.5. The summed E-state index contributed by atoms with van der Waals surface area (Å²) >= 11 is 0. The number of furan rings is 1. The van der Waals surface area contributed by atoms with Gasteiger partial charge in [0.2, 0.25) is 11.7 Å². The molecule has 0 saturated carbocycles. The second-order valence-corrected chi connectivity index (χ2v) is 6.19. The van der Waals surface area contributed by atoms with Gasteiger partial charge in [-0.2, -0.15) is 4.98 Å². The quantitative estimate of drug-likeness (QED) is 0.556. The molecule has 0 saturated heterocycles. The fourth-order valence-electron chi connectivity index (χ4n) is 2.77. The summed E-state index contributed by atoms with van der Waals surface area (Å²) in [5, 5.41) is 4.89. The Balaban J connectivity index is 1.51. The molecule has 0 atom stereocenters. The lowest BCUT2D eigenvalue weighted by Crippen LogP contribution is -2.25. The van der Waals surface area contributed by atoms with Crippen LogP contribution >= 0.6 is 0 Å². The van der Waals surface area contributed by atoms with Crippen LogP contribution < -0.4 is 0 Å². The lowest BCUT2D eigenvalue weighted by Gasteiger charge is -2.12. The lowest BCUT2D eigenvalue weighted by molar-refractivity contribution is 0.0740. The van der Waals surface area contributed by atoms with E-state index in [1.54, 1.807) is 13.1 Å². The van der Waals surface area contributed by atoms with Crippen LogP contribution in [0.5, 0.6) is 0 Å². The predicted octanol–water partition coefficient (Wildman–Crippen LogP) is 4.06. The van der Waals surface area contributed by atoms with Gasteiger partial charge in [-0.1, -0.05) is 47.1 Å². The summed E-state index contributed by atoms with van der Waals surface area (Å²) in [6, 6.07) is 17.1. The van der Waals surface area contributed by atoms with Gasteiger partial charge in [0, 0.05) is 18.0 Å². The highest BCUT2D eigenvalue weighted by Gasteiger charge is 2.19. The molecule has 4 aromatic rings. The minimum absolute atomic E-state index is 0.203. The molecule has 0 aliphatic carbocycles. The van der Waals surface area contributed by atoms with Crippen LogP contribution in [-0.4, -0.2) is 28.0 Å². The van der Waals surface area contributed by atoms with Crippen LogP contribution in [0.25, 0.3) is 22.4 Å². The third kappa shape index (κ3) is 3.09. The Morgan fingerprint density at radius 2 is 1.96 bits per heavy atom. The first-order valence-electron chi connectivity index (χ1n) is 8.24. The van der Waals surface area contributed by atoms with Gasteiger partial charge in [-0.05, 0) is 25.1 Å². The number of fused-ring (bicyclic) bond motifs is 1. The largest absolute Gasteiger partial charge is 0.451 e. The molecule has 2 aromatic heterocycles.